The summed E-state index contributed by atoms with van der Waals surface area (Å²) in [5.74, 6) is 0.654. The molecule has 1 aliphatic carbocycles. The minimum atomic E-state index is -0.0156. The first-order chi connectivity index (χ1) is 8.66. The number of anilines is 1. The molecule has 1 aromatic heterocycles. The van der Waals surface area contributed by atoms with Gasteiger partial charge in [-0.15, -0.1) is 0 Å². The van der Waals surface area contributed by atoms with Gasteiger partial charge in [0.2, 0.25) is 0 Å². The summed E-state index contributed by atoms with van der Waals surface area (Å²) < 4.78 is 0. The summed E-state index contributed by atoms with van der Waals surface area (Å²) in [6.07, 6.45) is 6.33. The molecule has 98 valence electrons. The Morgan fingerprint density at radius 2 is 2.11 bits per heavy atom. The van der Waals surface area contributed by atoms with Gasteiger partial charge in [0.15, 0.2) is 0 Å². The SMILES string of the molecule is CC(C)Nc1ncccc1C(=O)NC1CCCC1. The summed E-state index contributed by atoms with van der Waals surface area (Å²) in [5.41, 5.74) is 0.637. The van der Waals surface area contributed by atoms with Gasteiger partial charge in [0.05, 0.1) is 5.56 Å². The summed E-state index contributed by atoms with van der Waals surface area (Å²) in [6, 6.07) is 4.22. The Bertz CT molecular complexity index is 411. The van der Waals surface area contributed by atoms with Crippen molar-refractivity contribution in [2.24, 2.45) is 0 Å². The van der Waals surface area contributed by atoms with E-state index in [-0.39, 0.29) is 11.9 Å². The van der Waals surface area contributed by atoms with Crippen molar-refractivity contribution >= 4 is 11.7 Å². The van der Waals surface area contributed by atoms with Crippen LogP contribution in [0.5, 0.6) is 0 Å². The van der Waals surface area contributed by atoms with Crippen molar-refractivity contribution in [1.29, 1.82) is 0 Å². The van der Waals surface area contributed by atoms with Gasteiger partial charge in [0.25, 0.3) is 5.91 Å². The smallest absolute Gasteiger partial charge is 0.255 e. The number of rotatable bonds is 4. The van der Waals surface area contributed by atoms with Gasteiger partial charge in [0.1, 0.15) is 5.82 Å². The van der Waals surface area contributed by atoms with Crippen LogP contribution in [-0.2, 0) is 0 Å². The fraction of sp³-hybridized carbons (Fsp3) is 0.571. The first-order valence-corrected chi connectivity index (χ1v) is 6.69. The summed E-state index contributed by atoms with van der Waals surface area (Å²) in [6.45, 7) is 4.07. The third kappa shape index (κ3) is 3.22. The maximum absolute atomic E-state index is 12.2. The molecule has 1 saturated carbocycles. The summed E-state index contributed by atoms with van der Waals surface area (Å²) in [7, 11) is 0. The van der Waals surface area contributed by atoms with E-state index in [0.29, 0.717) is 17.4 Å². The molecule has 0 bridgehead atoms. The predicted octanol–water partition coefficient (Wildman–Crippen LogP) is 2.57. The highest BCUT2D eigenvalue weighted by Gasteiger charge is 2.20. The first kappa shape index (κ1) is 12.9. The number of amides is 1. The molecule has 0 aromatic carbocycles. The van der Waals surface area contributed by atoms with Crippen molar-refractivity contribution in [2.45, 2.75) is 51.6 Å². The zero-order valence-electron chi connectivity index (χ0n) is 11.1. The summed E-state index contributed by atoms with van der Waals surface area (Å²) >= 11 is 0. The molecule has 18 heavy (non-hydrogen) atoms. The normalized spacial score (nSPS) is 15.9. The minimum Gasteiger partial charge on any atom is -0.367 e. The van der Waals surface area contributed by atoms with E-state index >= 15 is 0 Å². The topological polar surface area (TPSA) is 54.0 Å². The number of carbonyl (C=O) groups is 1. The average molecular weight is 247 g/mol. The van der Waals surface area contributed by atoms with Crippen molar-refractivity contribution in [2.75, 3.05) is 5.32 Å². The molecular weight excluding hydrogens is 226 g/mol. The molecule has 0 spiro atoms. The third-order valence-corrected chi connectivity index (χ3v) is 3.17. The maximum atomic E-state index is 12.2. The maximum Gasteiger partial charge on any atom is 0.255 e. The molecule has 0 saturated heterocycles. The Morgan fingerprint density at radius 3 is 2.78 bits per heavy atom. The van der Waals surface area contributed by atoms with E-state index in [2.05, 4.69) is 15.6 Å². The van der Waals surface area contributed by atoms with Crippen LogP contribution in [0.15, 0.2) is 18.3 Å². The monoisotopic (exact) mass is 247 g/mol. The van der Waals surface area contributed by atoms with Crippen LogP contribution >= 0.6 is 0 Å². The van der Waals surface area contributed by atoms with Gasteiger partial charge in [0, 0.05) is 18.3 Å². The minimum absolute atomic E-state index is 0.0156. The number of nitrogens with one attached hydrogen (secondary N) is 2. The Balaban J connectivity index is 2.08. The van der Waals surface area contributed by atoms with Crippen LogP contribution in [0, 0.1) is 0 Å². The lowest BCUT2D eigenvalue weighted by molar-refractivity contribution is 0.0938. The Kier molecular flexibility index (Phi) is 4.18. The molecular formula is C14H21N3O. The second-order valence-electron chi connectivity index (χ2n) is 5.15. The highest BCUT2D eigenvalue weighted by molar-refractivity contribution is 5.98. The van der Waals surface area contributed by atoms with Crippen LogP contribution in [0.3, 0.4) is 0 Å². The van der Waals surface area contributed by atoms with Crippen LogP contribution in [0.4, 0.5) is 5.82 Å². The van der Waals surface area contributed by atoms with Crippen LogP contribution in [0.2, 0.25) is 0 Å². The number of pyridine rings is 1. The first-order valence-electron chi connectivity index (χ1n) is 6.69. The molecule has 1 fully saturated rings. The second kappa shape index (κ2) is 5.85. The molecule has 0 unspecified atom stereocenters. The molecule has 1 heterocycles. The Morgan fingerprint density at radius 1 is 1.39 bits per heavy atom. The molecule has 1 aliphatic rings. The largest absolute Gasteiger partial charge is 0.367 e. The zero-order chi connectivity index (χ0) is 13.0. The fourth-order valence-corrected chi connectivity index (χ4v) is 2.31. The Hall–Kier alpha value is -1.58. The van der Waals surface area contributed by atoms with Gasteiger partial charge >= 0.3 is 0 Å². The van der Waals surface area contributed by atoms with Crippen LogP contribution in [-0.4, -0.2) is 23.0 Å². The molecule has 1 amide bonds. The van der Waals surface area contributed by atoms with Gasteiger partial charge in [-0.1, -0.05) is 12.8 Å². The number of aromatic nitrogens is 1. The number of carbonyl (C=O) groups excluding carboxylic acids is 1. The highest BCUT2D eigenvalue weighted by atomic mass is 16.1. The van der Waals surface area contributed by atoms with Gasteiger partial charge in [-0.25, -0.2) is 4.98 Å². The summed E-state index contributed by atoms with van der Waals surface area (Å²) in [4.78, 5) is 16.5. The van der Waals surface area contributed by atoms with Crippen LogP contribution < -0.4 is 10.6 Å². The van der Waals surface area contributed by atoms with Crippen molar-refractivity contribution < 1.29 is 4.79 Å². The molecule has 1 aromatic rings. The van der Waals surface area contributed by atoms with Crippen molar-refractivity contribution in [3.63, 3.8) is 0 Å². The lowest BCUT2D eigenvalue weighted by Crippen LogP contribution is -2.33. The van der Waals surface area contributed by atoms with Crippen molar-refractivity contribution in [1.82, 2.24) is 10.3 Å². The fourth-order valence-electron chi connectivity index (χ4n) is 2.31. The standard InChI is InChI=1S/C14H21N3O/c1-10(2)16-13-12(8-5-9-15-13)14(18)17-11-6-3-4-7-11/h5,8-11H,3-4,6-7H2,1-2H3,(H,15,16)(H,17,18). The van der Waals surface area contributed by atoms with Crippen molar-refractivity contribution in [3.8, 4) is 0 Å². The van der Waals surface area contributed by atoms with E-state index < -0.39 is 0 Å². The quantitative estimate of drug-likeness (QED) is 0.859. The molecule has 2 N–H and O–H groups in total. The number of hydrogen-bond donors (Lipinski definition) is 2. The lowest BCUT2D eigenvalue weighted by Gasteiger charge is -2.16. The Labute approximate surface area is 108 Å². The number of nitrogens with zero attached hydrogens (tertiary/aromatic N) is 1. The predicted molar refractivity (Wildman–Crippen MR) is 72.7 cm³/mol. The molecule has 0 atom stereocenters. The lowest BCUT2D eigenvalue weighted by atomic mass is 10.2. The van der Waals surface area contributed by atoms with Gasteiger partial charge in [-0.2, -0.15) is 0 Å². The van der Waals surface area contributed by atoms with Crippen molar-refractivity contribution in [3.05, 3.63) is 23.9 Å². The van der Waals surface area contributed by atoms with E-state index in [9.17, 15) is 4.79 Å². The van der Waals surface area contributed by atoms with Gasteiger partial charge in [-0.05, 0) is 38.8 Å². The molecule has 0 aliphatic heterocycles. The van der Waals surface area contributed by atoms with Crippen LogP contribution in [0.1, 0.15) is 49.9 Å². The van der Waals surface area contributed by atoms with E-state index in [1.165, 1.54) is 12.8 Å². The number of hydrogen-bond acceptors (Lipinski definition) is 3. The van der Waals surface area contributed by atoms with E-state index in [0.717, 1.165) is 12.8 Å². The van der Waals surface area contributed by atoms with Crippen LogP contribution in [0.25, 0.3) is 0 Å². The average Bonchev–Trinajstić information content (AvgIpc) is 2.81. The third-order valence-electron chi connectivity index (χ3n) is 3.17. The summed E-state index contributed by atoms with van der Waals surface area (Å²) in [5, 5.41) is 6.30. The molecule has 0 radical (unpaired) electrons. The second-order valence-corrected chi connectivity index (χ2v) is 5.15. The van der Waals surface area contributed by atoms with E-state index in [1.807, 2.05) is 19.9 Å². The molecule has 2 rings (SSSR count). The van der Waals surface area contributed by atoms with Gasteiger partial charge in [-0.3, -0.25) is 4.79 Å². The molecule has 4 heteroatoms. The zero-order valence-corrected chi connectivity index (χ0v) is 11.1. The molecule has 4 nitrogen and oxygen atoms in total. The van der Waals surface area contributed by atoms with E-state index in [4.69, 9.17) is 0 Å². The van der Waals surface area contributed by atoms with Gasteiger partial charge < -0.3 is 10.6 Å². The van der Waals surface area contributed by atoms with E-state index in [1.54, 1.807) is 12.3 Å². The highest BCUT2D eigenvalue weighted by Crippen LogP contribution is 2.19.